The SMILES string of the molecule is N#Cc1c(F)cccc1NC(=O)NC1CCCC1. The number of nitrogens with zero attached hydrogens (tertiary/aromatic N) is 1. The second-order valence-electron chi connectivity index (χ2n) is 4.35. The van der Waals surface area contributed by atoms with Crippen molar-refractivity contribution in [3.05, 3.63) is 29.6 Å². The molecular weight excluding hydrogens is 233 g/mol. The summed E-state index contributed by atoms with van der Waals surface area (Å²) in [6.45, 7) is 0. The predicted molar refractivity (Wildman–Crippen MR) is 65.5 cm³/mol. The van der Waals surface area contributed by atoms with Crippen molar-refractivity contribution in [1.82, 2.24) is 5.32 Å². The summed E-state index contributed by atoms with van der Waals surface area (Å²) in [6.07, 6.45) is 4.19. The number of amides is 2. The molecule has 1 fully saturated rings. The summed E-state index contributed by atoms with van der Waals surface area (Å²) in [5.74, 6) is -0.629. The van der Waals surface area contributed by atoms with Crippen molar-refractivity contribution in [1.29, 1.82) is 5.26 Å². The van der Waals surface area contributed by atoms with Gasteiger partial charge in [0.1, 0.15) is 17.4 Å². The van der Waals surface area contributed by atoms with Gasteiger partial charge in [-0.25, -0.2) is 9.18 Å². The summed E-state index contributed by atoms with van der Waals surface area (Å²) >= 11 is 0. The standard InChI is InChI=1S/C13H14FN3O/c14-11-6-3-7-12(10(11)8-15)17-13(18)16-9-4-1-2-5-9/h3,6-7,9H,1-2,4-5H2,(H2,16,17,18). The molecule has 94 valence electrons. The number of anilines is 1. The normalized spacial score (nSPS) is 15.1. The molecule has 0 aliphatic heterocycles. The van der Waals surface area contributed by atoms with Crippen LogP contribution in [0.2, 0.25) is 0 Å². The largest absolute Gasteiger partial charge is 0.335 e. The molecular formula is C13H14FN3O. The van der Waals surface area contributed by atoms with Crippen molar-refractivity contribution in [3.8, 4) is 6.07 Å². The minimum Gasteiger partial charge on any atom is -0.335 e. The van der Waals surface area contributed by atoms with Crippen LogP contribution in [0.25, 0.3) is 0 Å². The van der Waals surface area contributed by atoms with Crippen LogP contribution in [0.5, 0.6) is 0 Å². The molecule has 5 heteroatoms. The van der Waals surface area contributed by atoms with E-state index in [-0.39, 0.29) is 23.3 Å². The van der Waals surface area contributed by atoms with Crippen LogP contribution in [0, 0.1) is 17.1 Å². The fourth-order valence-electron chi connectivity index (χ4n) is 2.16. The fraction of sp³-hybridized carbons (Fsp3) is 0.385. The number of benzene rings is 1. The van der Waals surface area contributed by atoms with E-state index in [1.807, 2.05) is 0 Å². The van der Waals surface area contributed by atoms with E-state index in [4.69, 9.17) is 5.26 Å². The van der Waals surface area contributed by atoms with Crippen LogP contribution in [-0.2, 0) is 0 Å². The zero-order valence-electron chi connectivity index (χ0n) is 9.87. The number of urea groups is 1. The second kappa shape index (κ2) is 5.50. The number of nitrogens with one attached hydrogen (secondary N) is 2. The summed E-state index contributed by atoms with van der Waals surface area (Å²) in [5.41, 5.74) is 0.0621. The minimum absolute atomic E-state index is 0.140. The molecule has 1 saturated carbocycles. The summed E-state index contributed by atoms with van der Waals surface area (Å²) in [5, 5.41) is 14.2. The number of carbonyl (C=O) groups excluding carboxylic acids is 1. The van der Waals surface area contributed by atoms with Gasteiger partial charge < -0.3 is 10.6 Å². The van der Waals surface area contributed by atoms with Gasteiger partial charge in [-0.2, -0.15) is 5.26 Å². The van der Waals surface area contributed by atoms with Gasteiger partial charge in [0, 0.05) is 6.04 Å². The van der Waals surface area contributed by atoms with E-state index in [0.717, 1.165) is 25.7 Å². The van der Waals surface area contributed by atoms with Crippen molar-refractivity contribution >= 4 is 11.7 Å². The Morgan fingerprint density at radius 1 is 1.39 bits per heavy atom. The predicted octanol–water partition coefficient (Wildman–Crippen LogP) is 2.76. The first kappa shape index (κ1) is 12.4. The number of hydrogen-bond acceptors (Lipinski definition) is 2. The molecule has 0 aromatic heterocycles. The topological polar surface area (TPSA) is 64.9 Å². The Hall–Kier alpha value is -2.09. The van der Waals surface area contributed by atoms with E-state index in [9.17, 15) is 9.18 Å². The van der Waals surface area contributed by atoms with Gasteiger partial charge in [0.15, 0.2) is 0 Å². The molecule has 0 heterocycles. The van der Waals surface area contributed by atoms with Crippen molar-refractivity contribution < 1.29 is 9.18 Å². The van der Waals surface area contributed by atoms with Gasteiger partial charge in [0.25, 0.3) is 0 Å². The molecule has 1 aliphatic rings. The van der Waals surface area contributed by atoms with Gasteiger partial charge in [0.2, 0.25) is 0 Å². The van der Waals surface area contributed by atoms with Crippen molar-refractivity contribution in [2.75, 3.05) is 5.32 Å². The smallest absolute Gasteiger partial charge is 0.319 e. The molecule has 18 heavy (non-hydrogen) atoms. The van der Waals surface area contributed by atoms with E-state index in [1.54, 1.807) is 6.07 Å². The lowest BCUT2D eigenvalue weighted by Crippen LogP contribution is -2.36. The summed E-state index contributed by atoms with van der Waals surface area (Å²) in [4.78, 5) is 11.7. The molecule has 2 amide bonds. The highest BCUT2D eigenvalue weighted by Gasteiger charge is 2.18. The summed E-state index contributed by atoms with van der Waals surface area (Å²) in [7, 11) is 0. The Kier molecular flexibility index (Phi) is 3.78. The van der Waals surface area contributed by atoms with E-state index in [0.29, 0.717) is 0 Å². The maximum absolute atomic E-state index is 13.3. The average Bonchev–Trinajstić information content (AvgIpc) is 2.82. The first-order valence-corrected chi connectivity index (χ1v) is 5.97. The van der Waals surface area contributed by atoms with Gasteiger partial charge in [0.05, 0.1) is 5.69 Å². The molecule has 0 spiro atoms. The first-order chi connectivity index (χ1) is 8.70. The molecule has 4 nitrogen and oxygen atoms in total. The molecule has 1 aliphatic carbocycles. The molecule has 2 N–H and O–H groups in total. The van der Waals surface area contributed by atoms with Gasteiger partial charge >= 0.3 is 6.03 Å². The Morgan fingerprint density at radius 2 is 2.11 bits per heavy atom. The zero-order valence-corrected chi connectivity index (χ0v) is 9.87. The lowest BCUT2D eigenvalue weighted by atomic mass is 10.2. The minimum atomic E-state index is -0.629. The van der Waals surface area contributed by atoms with Crippen molar-refractivity contribution in [2.45, 2.75) is 31.7 Å². The number of halogens is 1. The number of hydrogen-bond donors (Lipinski definition) is 2. The molecule has 0 saturated heterocycles. The first-order valence-electron chi connectivity index (χ1n) is 5.97. The highest BCUT2D eigenvalue weighted by molar-refractivity contribution is 5.90. The van der Waals surface area contributed by atoms with E-state index < -0.39 is 5.82 Å². The highest BCUT2D eigenvalue weighted by atomic mass is 19.1. The average molecular weight is 247 g/mol. The van der Waals surface area contributed by atoms with Crippen molar-refractivity contribution in [2.24, 2.45) is 0 Å². The third kappa shape index (κ3) is 2.77. The van der Waals surface area contributed by atoms with Crippen LogP contribution in [0.1, 0.15) is 31.2 Å². The number of rotatable bonds is 2. The fourth-order valence-corrected chi connectivity index (χ4v) is 2.16. The maximum atomic E-state index is 13.3. The molecule has 1 aromatic rings. The number of nitriles is 1. The van der Waals surface area contributed by atoms with E-state index in [1.165, 1.54) is 18.2 Å². The van der Waals surface area contributed by atoms with Crippen LogP contribution in [0.3, 0.4) is 0 Å². The molecule has 0 bridgehead atoms. The molecule has 0 atom stereocenters. The molecule has 0 unspecified atom stereocenters. The van der Waals surface area contributed by atoms with Crippen LogP contribution in [0.15, 0.2) is 18.2 Å². The molecule has 2 rings (SSSR count). The van der Waals surface area contributed by atoms with E-state index in [2.05, 4.69) is 10.6 Å². The lowest BCUT2D eigenvalue weighted by molar-refractivity contribution is 0.248. The third-order valence-corrected chi connectivity index (χ3v) is 3.06. The number of carbonyl (C=O) groups is 1. The van der Waals surface area contributed by atoms with Gasteiger partial charge in [-0.15, -0.1) is 0 Å². The summed E-state index contributed by atoms with van der Waals surface area (Å²) < 4.78 is 13.3. The van der Waals surface area contributed by atoms with Gasteiger partial charge in [-0.05, 0) is 25.0 Å². The van der Waals surface area contributed by atoms with Crippen molar-refractivity contribution in [3.63, 3.8) is 0 Å². The Bertz CT molecular complexity index is 489. The third-order valence-electron chi connectivity index (χ3n) is 3.06. The van der Waals surface area contributed by atoms with Crippen LogP contribution in [-0.4, -0.2) is 12.1 Å². The van der Waals surface area contributed by atoms with E-state index >= 15 is 0 Å². The van der Waals surface area contributed by atoms with Crippen LogP contribution < -0.4 is 10.6 Å². The Balaban J connectivity index is 2.02. The van der Waals surface area contributed by atoms with Crippen LogP contribution in [0.4, 0.5) is 14.9 Å². The second-order valence-corrected chi connectivity index (χ2v) is 4.35. The van der Waals surface area contributed by atoms with Gasteiger partial charge in [-0.1, -0.05) is 18.9 Å². The highest BCUT2D eigenvalue weighted by Crippen LogP contribution is 2.19. The monoisotopic (exact) mass is 247 g/mol. The zero-order chi connectivity index (χ0) is 13.0. The maximum Gasteiger partial charge on any atom is 0.319 e. The summed E-state index contributed by atoms with van der Waals surface area (Å²) in [6, 6.07) is 5.71. The quantitative estimate of drug-likeness (QED) is 0.843. The molecule has 0 radical (unpaired) electrons. The Labute approximate surface area is 105 Å². The van der Waals surface area contributed by atoms with Crippen LogP contribution >= 0.6 is 0 Å². The van der Waals surface area contributed by atoms with Gasteiger partial charge in [-0.3, -0.25) is 0 Å². The molecule has 1 aromatic carbocycles. The lowest BCUT2D eigenvalue weighted by Gasteiger charge is -2.13. The Morgan fingerprint density at radius 3 is 2.78 bits per heavy atom.